The van der Waals surface area contributed by atoms with E-state index in [4.69, 9.17) is 5.10 Å². The zero-order valence-corrected chi connectivity index (χ0v) is 17.8. The van der Waals surface area contributed by atoms with Crippen LogP contribution in [0.5, 0.6) is 0 Å². The molecule has 2 fully saturated rings. The van der Waals surface area contributed by atoms with Gasteiger partial charge in [-0.25, -0.2) is 0 Å². The lowest BCUT2D eigenvalue weighted by Crippen LogP contribution is -2.52. The van der Waals surface area contributed by atoms with E-state index in [1.807, 2.05) is 34.8 Å². The molecule has 3 heterocycles. The summed E-state index contributed by atoms with van der Waals surface area (Å²) in [6, 6.07) is 14.1. The molecule has 0 radical (unpaired) electrons. The molecule has 3 aromatic rings. The predicted molar refractivity (Wildman–Crippen MR) is 116 cm³/mol. The summed E-state index contributed by atoms with van der Waals surface area (Å²) in [4.78, 5) is 15.1. The fourth-order valence-corrected chi connectivity index (χ4v) is 4.24. The Labute approximate surface area is 176 Å². The number of nitrogens with one attached hydrogen (secondary N) is 1. The third kappa shape index (κ3) is 3.22. The fraction of sp³-hybridized carbons (Fsp3) is 0.478. The molecule has 1 aromatic carbocycles. The van der Waals surface area contributed by atoms with Gasteiger partial charge in [0.2, 0.25) is 5.91 Å². The molecular formula is C23H28N6O. The van der Waals surface area contributed by atoms with E-state index < -0.39 is 0 Å². The zero-order chi connectivity index (χ0) is 20.9. The van der Waals surface area contributed by atoms with Crippen LogP contribution in [-0.2, 0) is 15.6 Å². The van der Waals surface area contributed by atoms with Gasteiger partial charge < -0.3 is 10.2 Å². The maximum Gasteiger partial charge on any atom is 0.230 e. The van der Waals surface area contributed by atoms with E-state index in [0.29, 0.717) is 12.5 Å². The summed E-state index contributed by atoms with van der Waals surface area (Å²) >= 11 is 0. The molecule has 0 atom stereocenters. The molecule has 2 aliphatic rings. The van der Waals surface area contributed by atoms with Gasteiger partial charge in [-0.15, -0.1) is 15.3 Å². The van der Waals surface area contributed by atoms with Crippen molar-refractivity contribution >= 4 is 17.4 Å². The first-order valence-corrected chi connectivity index (χ1v) is 10.7. The molecule has 1 aliphatic carbocycles. The maximum atomic E-state index is 12.8. The van der Waals surface area contributed by atoms with Gasteiger partial charge >= 0.3 is 0 Å². The van der Waals surface area contributed by atoms with Gasteiger partial charge in [-0.1, -0.05) is 51.1 Å². The minimum absolute atomic E-state index is 0.121. The van der Waals surface area contributed by atoms with Crippen LogP contribution in [-0.4, -0.2) is 45.4 Å². The Balaban J connectivity index is 1.20. The SMILES string of the molecule is CC(C)(C)c1nnc2ccc(N3CC(CNC(=O)C4(c5ccccc5)CC4)C3)nn12. The Morgan fingerprint density at radius 2 is 1.83 bits per heavy atom. The van der Waals surface area contributed by atoms with E-state index >= 15 is 0 Å². The number of nitrogens with zero attached hydrogens (tertiary/aromatic N) is 5. The molecule has 30 heavy (non-hydrogen) atoms. The Morgan fingerprint density at radius 3 is 2.50 bits per heavy atom. The maximum absolute atomic E-state index is 12.8. The second kappa shape index (κ2) is 6.79. The van der Waals surface area contributed by atoms with Crippen LogP contribution in [0.2, 0.25) is 0 Å². The second-order valence-electron chi connectivity index (χ2n) is 9.66. The van der Waals surface area contributed by atoms with Crippen LogP contribution in [0.3, 0.4) is 0 Å². The van der Waals surface area contributed by atoms with Crippen LogP contribution in [0.15, 0.2) is 42.5 Å². The van der Waals surface area contributed by atoms with Gasteiger partial charge in [-0.05, 0) is 30.5 Å². The molecule has 1 saturated carbocycles. The number of benzene rings is 1. The van der Waals surface area contributed by atoms with Gasteiger partial charge in [0.05, 0.1) is 5.41 Å². The fourth-order valence-electron chi connectivity index (χ4n) is 4.24. The molecule has 156 valence electrons. The zero-order valence-electron chi connectivity index (χ0n) is 17.8. The normalized spacial score (nSPS) is 18.3. The first-order chi connectivity index (χ1) is 14.4. The molecule has 7 heteroatoms. The highest BCUT2D eigenvalue weighted by atomic mass is 16.2. The van der Waals surface area contributed by atoms with Crippen LogP contribution in [0.1, 0.15) is 45.0 Å². The minimum Gasteiger partial charge on any atom is -0.355 e. The number of rotatable bonds is 5. The summed E-state index contributed by atoms with van der Waals surface area (Å²) in [5, 5.41) is 16.5. The third-order valence-corrected chi connectivity index (χ3v) is 6.26. The average molecular weight is 405 g/mol. The Bertz CT molecular complexity index is 1070. The van der Waals surface area contributed by atoms with Crippen molar-refractivity contribution in [2.24, 2.45) is 5.92 Å². The molecule has 0 spiro atoms. The highest BCUT2D eigenvalue weighted by Crippen LogP contribution is 2.48. The number of fused-ring (bicyclic) bond motifs is 1. The van der Waals surface area contributed by atoms with E-state index in [1.54, 1.807) is 0 Å². The van der Waals surface area contributed by atoms with E-state index in [9.17, 15) is 4.79 Å². The largest absolute Gasteiger partial charge is 0.355 e. The van der Waals surface area contributed by atoms with Crippen molar-refractivity contribution in [2.45, 2.75) is 44.4 Å². The number of carbonyl (C=O) groups is 1. The lowest BCUT2D eigenvalue weighted by molar-refractivity contribution is -0.123. The number of carbonyl (C=O) groups excluding carboxylic acids is 1. The van der Waals surface area contributed by atoms with Crippen molar-refractivity contribution in [1.82, 2.24) is 25.1 Å². The number of hydrogen-bond acceptors (Lipinski definition) is 5. The van der Waals surface area contributed by atoms with E-state index in [0.717, 1.165) is 48.8 Å². The average Bonchev–Trinajstić information content (AvgIpc) is 3.39. The van der Waals surface area contributed by atoms with E-state index in [1.165, 1.54) is 0 Å². The molecule has 7 nitrogen and oxygen atoms in total. The lowest BCUT2D eigenvalue weighted by atomic mass is 9.94. The summed E-state index contributed by atoms with van der Waals surface area (Å²) < 4.78 is 1.85. The van der Waals surface area contributed by atoms with Crippen molar-refractivity contribution in [3.05, 3.63) is 53.9 Å². The van der Waals surface area contributed by atoms with Crippen molar-refractivity contribution in [3.63, 3.8) is 0 Å². The molecule has 2 aromatic heterocycles. The highest BCUT2D eigenvalue weighted by Gasteiger charge is 2.51. The number of anilines is 1. The van der Waals surface area contributed by atoms with Crippen molar-refractivity contribution in [1.29, 1.82) is 0 Å². The second-order valence-corrected chi connectivity index (χ2v) is 9.66. The van der Waals surface area contributed by atoms with Gasteiger partial charge in [0.25, 0.3) is 0 Å². The third-order valence-electron chi connectivity index (χ3n) is 6.26. The monoisotopic (exact) mass is 404 g/mol. The number of aromatic nitrogens is 4. The van der Waals surface area contributed by atoms with Crippen molar-refractivity contribution < 1.29 is 4.79 Å². The highest BCUT2D eigenvalue weighted by molar-refractivity contribution is 5.91. The van der Waals surface area contributed by atoms with Crippen LogP contribution >= 0.6 is 0 Å². The lowest BCUT2D eigenvalue weighted by Gasteiger charge is -2.40. The summed E-state index contributed by atoms with van der Waals surface area (Å²) in [6.45, 7) is 8.84. The topological polar surface area (TPSA) is 75.4 Å². The first kappa shape index (κ1) is 19.0. The van der Waals surface area contributed by atoms with Crippen LogP contribution in [0, 0.1) is 5.92 Å². The Kier molecular flexibility index (Phi) is 4.31. The van der Waals surface area contributed by atoms with Crippen LogP contribution in [0.25, 0.3) is 5.65 Å². The molecule has 0 unspecified atom stereocenters. The van der Waals surface area contributed by atoms with Crippen molar-refractivity contribution in [2.75, 3.05) is 24.5 Å². The van der Waals surface area contributed by atoms with Crippen molar-refractivity contribution in [3.8, 4) is 0 Å². The first-order valence-electron chi connectivity index (χ1n) is 10.7. The molecule has 1 N–H and O–H groups in total. The van der Waals surface area contributed by atoms with Gasteiger partial charge in [0.15, 0.2) is 11.5 Å². The smallest absolute Gasteiger partial charge is 0.230 e. The summed E-state index contributed by atoms with van der Waals surface area (Å²) in [5.74, 6) is 2.41. The molecule has 1 saturated heterocycles. The molecule has 1 amide bonds. The van der Waals surface area contributed by atoms with Gasteiger partial charge in [0, 0.05) is 31.0 Å². The Hall–Kier alpha value is -2.96. The minimum atomic E-state index is -0.297. The molecule has 1 aliphatic heterocycles. The van der Waals surface area contributed by atoms with E-state index in [2.05, 4.69) is 53.3 Å². The van der Waals surface area contributed by atoms with Crippen LogP contribution < -0.4 is 10.2 Å². The van der Waals surface area contributed by atoms with Crippen LogP contribution in [0.4, 0.5) is 5.82 Å². The van der Waals surface area contributed by atoms with Gasteiger partial charge in [-0.3, -0.25) is 4.79 Å². The predicted octanol–water partition coefficient (Wildman–Crippen LogP) is 2.71. The number of amides is 1. The summed E-state index contributed by atoms with van der Waals surface area (Å²) in [7, 11) is 0. The number of hydrogen-bond donors (Lipinski definition) is 1. The summed E-state index contributed by atoms with van der Waals surface area (Å²) in [6.07, 6.45) is 1.89. The molecule has 5 rings (SSSR count). The van der Waals surface area contributed by atoms with Gasteiger partial charge in [0.1, 0.15) is 5.82 Å². The molecular weight excluding hydrogens is 376 g/mol. The van der Waals surface area contributed by atoms with E-state index in [-0.39, 0.29) is 16.7 Å². The quantitative estimate of drug-likeness (QED) is 0.708. The van der Waals surface area contributed by atoms with Gasteiger partial charge in [-0.2, -0.15) is 4.52 Å². The standard InChI is InChI=1S/C23H28N6O/c1-22(2,3)20-26-25-18-9-10-19(27-29(18)20)28-14-16(15-28)13-24-21(30)23(11-12-23)17-7-5-4-6-8-17/h4-10,16H,11-15H2,1-3H3,(H,24,30). The molecule has 0 bridgehead atoms. The Morgan fingerprint density at radius 1 is 1.10 bits per heavy atom. The summed E-state index contributed by atoms with van der Waals surface area (Å²) in [5.41, 5.74) is 1.49.